The molecule has 0 aromatic rings. The first-order valence-electron chi connectivity index (χ1n) is 8.31. The molecule has 0 aliphatic carbocycles. The van der Waals surface area contributed by atoms with Gasteiger partial charge in [-0.3, -0.25) is 19.2 Å². The summed E-state index contributed by atoms with van der Waals surface area (Å²) in [6, 6.07) is 0. The molecule has 0 rings (SSSR count). The van der Waals surface area contributed by atoms with E-state index in [2.05, 4.69) is 37.8 Å². The third-order valence-corrected chi connectivity index (χ3v) is 2.99. The molecule has 0 saturated carbocycles. The SMILES string of the molecule is C=CC(=O)N(CC)CCCN(CC)C(=O)C=C.C=CC(N)=O.C=CC(N)=O. The second kappa shape index (κ2) is 19.2. The van der Waals surface area contributed by atoms with Crippen molar-refractivity contribution in [3.63, 3.8) is 0 Å². The Kier molecular flexibility index (Phi) is 20.3. The predicted octanol–water partition coefficient (Wildman–Crippen LogP) is 0.761. The van der Waals surface area contributed by atoms with Gasteiger partial charge >= 0.3 is 0 Å². The molecule has 0 aromatic carbocycles. The molecule has 4 N–H and O–H groups in total. The Hall–Kier alpha value is -3.16. The maximum atomic E-state index is 11.4. The first-order chi connectivity index (χ1) is 12.6. The lowest BCUT2D eigenvalue weighted by Crippen LogP contribution is -2.35. The fourth-order valence-electron chi connectivity index (χ4n) is 1.56. The van der Waals surface area contributed by atoms with Crippen LogP contribution in [0.2, 0.25) is 0 Å². The number of rotatable bonds is 10. The normalized spacial score (nSPS) is 8.37. The highest BCUT2D eigenvalue weighted by Crippen LogP contribution is 1.98. The van der Waals surface area contributed by atoms with Crippen molar-refractivity contribution in [2.45, 2.75) is 20.3 Å². The minimum Gasteiger partial charge on any atom is -0.366 e. The summed E-state index contributed by atoms with van der Waals surface area (Å²) in [5.41, 5.74) is 9.07. The van der Waals surface area contributed by atoms with Crippen molar-refractivity contribution < 1.29 is 19.2 Å². The zero-order valence-electron chi connectivity index (χ0n) is 16.4. The summed E-state index contributed by atoms with van der Waals surface area (Å²) >= 11 is 0. The van der Waals surface area contributed by atoms with Crippen molar-refractivity contribution in [3.8, 4) is 0 Å². The van der Waals surface area contributed by atoms with Gasteiger partial charge in [0.2, 0.25) is 23.6 Å². The minimum atomic E-state index is -0.481. The van der Waals surface area contributed by atoms with Gasteiger partial charge < -0.3 is 21.3 Å². The number of primary amides is 2. The Balaban J connectivity index is -0.000000471. The van der Waals surface area contributed by atoms with E-state index in [0.717, 1.165) is 18.6 Å². The molecule has 0 heterocycles. The first-order valence-corrected chi connectivity index (χ1v) is 8.31. The van der Waals surface area contributed by atoms with E-state index in [1.54, 1.807) is 9.80 Å². The summed E-state index contributed by atoms with van der Waals surface area (Å²) < 4.78 is 0. The molecule has 0 aliphatic heterocycles. The van der Waals surface area contributed by atoms with Gasteiger partial charge in [-0.25, -0.2) is 0 Å². The van der Waals surface area contributed by atoms with Gasteiger partial charge in [-0.1, -0.05) is 26.3 Å². The van der Waals surface area contributed by atoms with Gasteiger partial charge in [-0.2, -0.15) is 0 Å². The van der Waals surface area contributed by atoms with E-state index in [0.29, 0.717) is 26.2 Å². The highest BCUT2D eigenvalue weighted by molar-refractivity contribution is 5.87. The van der Waals surface area contributed by atoms with E-state index in [4.69, 9.17) is 0 Å². The number of hydrogen-bond acceptors (Lipinski definition) is 4. The maximum absolute atomic E-state index is 11.4. The number of likely N-dealkylation sites (N-methyl/N-ethyl adjacent to an activating group) is 2. The number of carbonyl (C=O) groups is 4. The van der Waals surface area contributed by atoms with Crippen molar-refractivity contribution in [2.75, 3.05) is 26.2 Å². The van der Waals surface area contributed by atoms with Crippen LogP contribution in [0, 0.1) is 0 Å². The van der Waals surface area contributed by atoms with Crippen LogP contribution in [-0.2, 0) is 19.2 Å². The predicted molar refractivity (Wildman–Crippen MR) is 108 cm³/mol. The molecule has 0 fully saturated rings. The van der Waals surface area contributed by atoms with E-state index in [1.807, 2.05) is 13.8 Å². The molecule has 27 heavy (non-hydrogen) atoms. The van der Waals surface area contributed by atoms with Gasteiger partial charge in [0.1, 0.15) is 0 Å². The van der Waals surface area contributed by atoms with Crippen LogP contribution < -0.4 is 11.5 Å². The molecule has 0 aromatic heterocycles. The smallest absolute Gasteiger partial charge is 0.245 e. The van der Waals surface area contributed by atoms with Gasteiger partial charge in [0.25, 0.3) is 0 Å². The van der Waals surface area contributed by atoms with Crippen LogP contribution >= 0.6 is 0 Å². The van der Waals surface area contributed by atoms with Gasteiger partial charge in [-0.05, 0) is 44.6 Å². The molecule has 0 radical (unpaired) electrons. The van der Waals surface area contributed by atoms with Crippen LogP contribution in [0.15, 0.2) is 50.6 Å². The van der Waals surface area contributed by atoms with Crippen LogP contribution in [0.3, 0.4) is 0 Å². The number of nitrogens with zero attached hydrogens (tertiary/aromatic N) is 2. The average molecular weight is 380 g/mol. The number of hydrogen-bond donors (Lipinski definition) is 2. The minimum absolute atomic E-state index is 0.0643. The Morgan fingerprint density at radius 1 is 0.704 bits per heavy atom. The second-order valence-corrected chi connectivity index (χ2v) is 4.81. The summed E-state index contributed by atoms with van der Waals surface area (Å²) in [6.07, 6.45) is 5.51. The first kappa shape index (κ1) is 28.6. The fourth-order valence-corrected chi connectivity index (χ4v) is 1.56. The molecular weight excluding hydrogens is 348 g/mol. The molecule has 0 atom stereocenters. The molecule has 0 unspecified atom stereocenters. The summed E-state index contributed by atoms with van der Waals surface area (Å²) in [5.74, 6) is -1.09. The monoisotopic (exact) mass is 380 g/mol. The zero-order chi connectivity index (χ0) is 21.8. The van der Waals surface area contributed by atoms with E-state index in [9.17, 15) is 19.2 Å². The Labute approximate surface area is 161 Å². The van der Waals surface area contributed by atoms with Crippen LogP contribution in [0.4, 0.5) is 0 Å². The van der Waals surface area contributed by atoms with Crippen molar-refractivity contribution in [1.29, 1.82) is 0 Å². The zero-order valence-corrected chi connectivity index (χ0v) is 16.4. The van der Waals surface area contributed by atoms with Crippen LogP contribution in [0.25, 0.3) is 0 Å². The van der Waals surface area contributed by atoms with Gasteiger partial charge in [0.05, 0.1) is 0 Å². The highest BCUT2D eigenvalue weighted by atomic mass is 16.2. The van der Waals surface area contributed by atoms with Crippen LogP contribution in [0.1, 0.15) is 20.3 Å². The summed E-state index contributed by atoms with van der Waals surface area (Å²) in [5, 5.41) is 0. The van der Waals surface area contributed by atoms with E-state index in [-0.39, 0.29) is 11.8 Å². The van der Waals surface area contributed by atoms with Crippen LogP contribution in [0.5, 0.6) is 0 Å². The molecule has 0 bridgehead atoms. The Bertz CT molecular complexity index is 484. The lowest BCUT2D eigenvalue weighted by molar-refractivity contribution is -0.126. The van der Waals surface area contributed by atoms with Crippen LogP contribution in [-0.4, -0.2) is 59.6 Å². The summed E-state index contributed by atoms with van der Waals surface area (Å²) in [4.78, 5) is 45.1. The topological polar surface area (TPSA) is 127 Å². The standard InChI is InChI=1S/C13H22N2O2.2C3H5NO/c1-5-12(16)14(7-3)10-9-11-15(8-4)13(17)6-2;2*1-2-3(4)5/h5-6H,1-2,7-11H2,3-4H3;2*2H,1H2,(H2,4,5). The van der Waals surface area contributed by atoms with E-state index < -0.39 is 11.8 Å². The molecule has 152 valence electrons. The number of carbonyl (C=O) groups excluding carboxylic acids is 4. The fraction of sp³-hybridized carbons (Fsp3) is 0.368. The largest absolute Gasteiger partial charge is 0.366 e. The van der Waals surface area contributed by atoms with Crippen molar-refractivity contribution in [1.82, 2.24) is 9.80 Å². The third-order valence-electron chi connectivity index (χ3n) is 2.99. The molecule has 4 amide bonds. The second-order valence-electron chi connectivity index (χ2n) is 4.81. The van der Waals surface area contributed by atoms with Gasteiger partial charge in [0, 0.05) is 26.2 Å². The molecular formula is C19H32N4O4. The molecule has 8 nitrogen and oxygen atoms in total. The van der Waals surface area contributed by atoms with Crippen molar-refractivity contribution >= 4 is 23.6 Å². The van der Waals surface area contributed by atoms with Gasteiger partial charge in [0.15, 0.2) is 0 Å². The molecule has 0 spiro atoms. The highest BCUT2D eigenvalue weighted by Gasteiger charge is 2.10. The molecule has 0 saturated heterocycles. The Morgan fingerprint density at radius 3 is 1.11 bits per heavy atom. The summed E-state index contributed by atoms with van der Waals surface area (Å²) in [7, 11) is 0. The maximum Gasteiger partial charge on any atom is 0.245 e. The third kappa shape index (κ3) is 19.0. The van der Waals surface area contributed by atoms with Crippen molar-refractivity contribution in [3.05, 3.63) is 50.6 Å². The number of amides is 4. The average Bonchev–Trinajstić information content (AvgIpc) is 2.67. The lowest BCUT2D eigenvalue weighted by Gasteiger charge is -2.23. The lowest BCUT2D eigenvalue weighted by atomic mass is 10.3. The molecule has 0 aliphatic rings. The summed E-state index contributed by atoms with van der Waals surface area (Å²) in [6.45, 7) is 19.5. The quantitative estimate of drug-likeness (QED) is 0.542. The number of nitrogens with two attached hydrogens (primary N) is 2. The van der Waals surface area contributed by atoms with E-state index >= 15 is 0 Å². The van der Waals surface area contributed by atoms with Gasteiger partial charge in [-0.15, -0.1) is 0 Å². The van der Waals surface area contributed by atoms with E-state index in [1.165, 1.54) is 12.2 Å². The Morgan fingerprint density at radius 2 is 0.963 bits per heavy atom. The molecule has 8 heteroatoms. The van der Waals surface area contributed by atoms with Crippen molar-refractivity contribution in [2.24, 2.45) is 11.5 Å².